The molecule has 3 atom stereocenters. The topological polar surface area (TPSA) is 520 Å². The summed E-state index contributed by atoms with van der Waals surface area (Å²) in [6.45, 7) is 0.139. The number of anilines is 3. The van der Waals surface area contributed by atoms with Gasteiger partial charge in [0.25, 0.3) is 27.5 Å². The summed E-state index contributed by atoms with van der Waals surface area (Å²) in [5.41, 5.74) is 9.39. The number of aromatic nitrogens is 4. The molecule has 1 aliphatic carbocycles. The number of rotatable bonds is 25. The number of benzene rings is 4. The Labute approximate surface area is 488 Å². The van der Waals surface area contributed by atoms with Gasteiger partial charge in [-0.25, -0.2) is 24.4 Å². The van der Waals surface area contributed by atoms with E-state index < -0.39 is 141 Å². The third-order valence-electron chi connectivity index (χ3n) is 13.3. The fraction of sp³-hybridized carbons (Fsp3) is 0.250. The number of fused-ring (bicyclic) bond motifs is 3. The van der Waals surface area contributed by atoms with Gasteiger partial charge in [0.15, 0.2) is 27.4 Å². The third-order valence-corrected chi connectivity index (χ3v) is 16.5. The van der Waals surface area contributed by atoms with Gasteiger partial charge in [-0.2, -0.15) is 21.8 Å². The molecule has 2 aliphatic heterocycles. The number of nitrogens with two attached hydrogens (primary N) is 3. The van der Waals surface area contributed by atoms with Crippen LogP contribution in [0.25, 0.3) is 44.6 Å². The molecule has 3 aliphatic rings. The van der Waals surface area contributed by atoms with E-state index in [1.165, 1.54) is 54.7 Å². The van der Waals surface area contributed by atoms with Crippen LogP contribution in [-0.2, 0) is 50.8 Å². The van der Waals surface area contributed by atoms with Gasteiger partial charge in [-0.3, -0.25) is 53.2 Å². The number of carbonyl (C=O) groups excluding carboxylic acids is 5. The number of carboxylic acids is 3. The van der Waals surface area contributed by atoms with Crippen LogP contribution in [-0.4, -0.2) is 150 Å². The second kappa shape index (κ2) is 25.5. The fourth-order valence-electron chi connectivity index (χ4n) is 9.21. The molecule has 0 spiro atoms. The molecule has 31 nitrogen and oxygen atoms in total. The first-order chi connectivity index (χ1) is 40.6. The average molecular weight is 1240 g/mol. The summed E-state index contributed by atoms with van der Waals surface area (Å²) < 4.78 is 76.2. The molecule has 16 N–H and O–H groups in total. The number of hydrogen-bond acceptors (Lipinski definition) is 21. The number of H-pyrrole nitrogens is 1. The van der Waals surface area contributed by atoms with E-state index in [-0.39, 0.29) is 88.5 Å². The number of aromatic carboxylic acids is 1. The van der Waals surface area contributed by atoms with Crippen LogP contribution in [0.1, 0.15) is 75.3 Å². The summed E-state index contributed by atoms with van der Waals surface area (Å²) in [4.78, 5) is 128. The van der Waals surface area contributed by atoms with E-state index in [1.54, 1.807) is 0 Å². The zero-order chi connectivity index (χ0) is 62.5. The van der Waals surface area contributed by atoms with Crippen molar-refractivity contribution in [3.8, 4) is 22.5 Å². The quantitative estimate of drug-likeness (QED) is 0.0116. The van der Waals surface area contributed by atoms with Gasteiger partial charge in [-0.1, -0.05) is 6.07 Å². The van der Waals surface area contributed by atoms with Crippen LogP contribution >= 0.6 is 11.8 Å². The number of aliphatic carboxylic acids is 2. The van der Waals surface area contributed by atoms with Crippen molar-refractivity contribution in [3.05, 3.63) is 111 Å². The number of carbonyl (C=O) groups is 8. The monoisotopic (exact) mass is 1240 g/mol. The summed E-state index contributed by atoms with van der Waals surface area (Å²) >= 11 is 0.825. The van der Waals surface area contributed by atoms with Crippen LogP contribution in [0.5, 0.6) is 0 Å². The minimum Gasteiger partial charge on any atom is -0.480 e. The maximum absolute atomic E-state index is 13.4. The van der Waals surface area contributed by atoms with Crippen LogP contribution in [0, 0.1) is 0 Å². The fourth-order valence-corrected chi connectivity index (χ4v) is 11.9. The molecule has 450 valence electrons. The van der Waals surface area contributed by atoms with Crippen LogP contribution in [0.4, 0.5) is 17.3 Å². The van der Waals surface area contributed by atoms with Crippen molar-refractivity contribution in [2.45, 2.75) is 72.2 Å². The zero-order valence-corrected chi connectivity index (χ0v) is 46.9. The predicted molar refractivity (Wildman–Crippen MR) is 302 cm³/mol. The Hall–Kier alpha value is -9.90. The Bertz CT molecular complexity index is 4270. The highest BCUT2D eigenvalue weighted by atomic mass is 32.2. The molecule has 34 heteroatoms. The van der Waals surface area contributed by atoms with Gasteiger partial charge in [0.1, 0.15) is 12.1 Å². The van der Waals surface area contributed by atoms with Crippen LogP contribution in [0.3, 0.4) is 0 Å². The summed E-state index contributed by atoms with van der Waals surface area (Å²) in [6.07, 6.45) is 1.15. The van der Waals surface area contributed by atoms with Gasteiger partial charge in [0.2, 0.25) is 33.9 Å². The van der Waals surface area contributed by atoms with Crippen molar-refractivity contribution in [1.29, 1.82) is 0 Å². The number of unbranched alkanes of at least 4 members (excludes halogenated alkanes) is 2. The molecule has 1 saturated heterocycles. The first-order valence-electron chi connectivity index (χ1n) is 25.5. The van der Waals surface area contributed by atoms with Crippen molar-refractivity contribution in [2.24, 2.45) is 0 Å². The standard InChI is InChI=1S/C52H50N12O19S3/c53-31-12-10-28-38(29-11-13-32(54)43(86(80,81)82)41(29)83-40(28)42(31)85(77,78)79)27-9-6-24(18-30(27)49(71)72)45(67)56-16-2-1-3-17-64-37(66)19-35(48(64)70)84-22-34(51(75)76)60-36(65)15-14-33(50(73)74)61-46(68)23-4-7-25(8-5-23)57-20-26-21-58-44-39(59-26)47(69)63-52(55)62-44/h4-13,18,21,33-35,53,57H,1-3,14-17,19-20,22,54H2,(H,56,67)(H,60,65)(H,61,68)(H,71,72)(H,73,74)(H,75,76)(H,77,78,79)(H,80,81,82)(H3,55,58,62,63,69)/p+1. The maximum Gasteiger partial charge on any atom is 0.336 e. The lowest BCUT2D eigenvalue weighted by Crippen LogP contribution is -2.47. The molecule has 0 saturated carbocycles. The van der Waals surface area contributed by atoms with Gasteiger partial charge in [-0.15, -0.1) is 11.8 Å². The molecule has 0 bridgehead atoms. The summed E-state index contributed by atoms with van der Waals surface area (Å²) in [7, 11) is -10.4. The smallest absolute Gasteiger partial charge is 0.336 e. The first kappa shape index (κ1) is 62.2. The molecule has 8 rings (SSSR count). The molecule has 3 aromatic carbocycles. The lowest BCUT2D eigenvalue weighted by molar-refractivity contribution is -0.176. The summed E-state index contributed by atoms with van der Waals surface area (Å²) in [5.74, 6) is -9.23. The van der Waals surface area contributed by atoms with Gasteiger partial charge in [0, 0.05) is 71.1 Å². The van der Waals surface area contributed by atoms with Crippen molar-refractivity contribution >= 4 is 119 Å². The zero-order valence-electron chi connectivity index (χ0n) is 44.4. The van der Waals surface area contributed by atoms with E-state index in [2.05, 4.69) is 41.2 Å². The van der Waals surface area contributed by atoms with Crippen molar-refractivity contribution in [3.63, 3.8) is 0 Å². The Morgan fingerprint density at radius 2 is 1.50 bits per heavy atom. The number of likely N-dealkylation sites (tertiary alicyclic amines) is 1. The normalized spacial score (nSPS) is 14.3. The number of thioether (sulfide) groups is 1. The first-order valence-corrected chi connectivity index (χ1v) is 29.4. The summed E-state index contributed by atoms with van der Waals surface area (Å²) in [6, 6.07) is 10.8. The molecular weight excluding hydrogens is 1190 g/mol. The Balaban J connectivity index is 0.795. The highest BCUT2D eigenvalue weighted by molar-refractivity contribution is 8.00. The average Bonchev–Trinajstić information content (AvgIpc) is 0.857. The highest BCUT2D eigenvalue weighted by Crippen LogP contribution is 2.46. The van der Waals surface area contributed by atoms with Crippen molar-refractivity contribution in [2.75, 3.05) is 35.6 Å². The number of nitrogens with zero attached hydrogens (tertiary/aromatic N) is 4. The lowest BCUT2D eigenvalue weighted by Gasteiger charge is -2.19. The molecule has 1 fully saturated rings. The second-order valence-corrected chi connectivity index (χ2v) is 23.2. The number of aromatic amines is 1. The SMILES string of the molecule is Nc1nc2ncc(CNc3ccc(C(=O)NC(CCC(=O)NC(CSC4CC(=O)N(CCCCCNC(=O)c5ccc(-c6c7ccc(=[NH2+])c(S(=O)(=O)O)c-7oc7c(S(=O)(=O)O)c(N)ccc67)c(C(=O)O)c5)C4=O)C(=O)O)C(=O)O)cc3)nc2c(=O)[nH]1. The number of amides is 5. The Morgan fingerprint density at radius 1 is 0.814 bits per heavy atom. The molecule has 5 amide bonds. The Morgan fingerprint density at radius 3 is 2.17 bits per heavy atom. The highest BCUT2D eigenvalue weighted by Gasteiger charge is 2.40. The van der Waals surface area contributed by atoms with Gasteiger partial charge in [0.05, 0.1) is 34.9 Å². The van der Waals surface area contributed by atoms with E-state index in [4.69, 9.17) is 21.3 Å². The molecule has 2 aromatic heterocycles. The molecule has 3 unspecified atom stereocenters. The van der Waals surface area contributed by atoms with Gasteiger partial charge in [-0.05, 0) is 85.8 Å². The van der Waals surface area contributed by atoms with Crippen molar-refractivity contribution < 1.29 is 89.4 Å². The van der Waals surface area contributed by atoms with Gasteiger partial charge < -0.3 is 52.5 Å². The molecular formula is C52H51N12O19S3+. The molecule has 86 heavy (non-hydrogen) atoms. The molecule has 5 aromatic rings. The number of carboxylic acid groups (broad SMARTS) is 3. The second-order valence-electron chi connectivity index (χ2n) is 19.2. The molecule has 0 radical (unpaired) electrons. The number of hydrogen-bond donors (Lipinski definition) is 13. The van der Waals surface area contributed by atoms with E-state index in [9.17, 15) is 84.4 Å². The lowest BCUT2D eigenvalue weighted by atomic mass is 9.89. The number of nitrogens with one attached hydrogen (secondary N) is 5. The predicted octanol–water partition coefficient (Wildman–Crippen LogP) is -0.147. The van der Waals surface area contributed by atoms with E-state index in [0.29, 0.717) is 24.2 Å². The minimum atomic E-state index is -5.21. The van der Waals surface area contributed by atoms with Crippen LogP contribution in [0.15, 0.2) is 91.9 Å². The Kier molecular flexibility index (Phi) is 18.4. The number of imide groups is 1. The van der Waals surface area contributed by atoms with Crippen LogP contribution in [0.2, 0.25) is 0 Å². The van der Waals surface area contributed by atoms with E-state index in [0.717, 1.165) is 34.9 Å². The third kappa shape index (κ3) is 14.0. The van der Waals surface area contributed by atoms with Gasteiger partial charge >= 0.3 is 28.0 Å². The van der Waals surface area contributed by atoms with Crippen molar-refractivity contribution in [1.82, 2.24) is 40.8 Å². The van der Waals surface area contributed by atoms with Crippen LogP contribution < -0.4 is 49.1 Å². The van der Waals surface area contributed by atoms with E-state index in [1.807, 2.05) is 0 Å². The van der Waals surface area contributed by atoms with E-state index >= 15 is 0 Å². The largest absolute Gasteiger partial charge is 0.480 e. The summed E-state index contributed by atoms with van der Waals surface area (Å²) in [5, 5.41) is 44.6. The molecule has 4 heterocycles. The maximum atomic E-state index is 13.4. The number of nitrogen functional groups attached to an aromatic ring is 2. The minimum absolute atomic E-state index is 0.0147.